The number of carbonyl (C=O) groups excluding carboxylic acids is 2. The van der Waals surface area contributed by atoms with Gasteiger partial charge in [0.1, 0.15) is 0 Å². The molecule has 2 aromatic carbocycles. The van der Waals surface area contributed by atoms with Gasteiger partial charge in [0.2, 0.25) is 0 Å². The molecule has 2 aromatic rings. The Morgan fingerprint density at radius 2 is 1.52 bits per heavy atom. The average Bonchev–Trinajstić information content (AvgIpc) is 2.50. The first-order valence-electron chi connectivity index (χ1n) is 6.53. The van der Waals surface area contributed by atoms with Gasteiger partial charge >= 0.3 is 0 Å². The van der Waals surface area contributed by atoms with Crippen LogP contribution in [-0.2, 0) is 0 Å². The van der Waals surface area contributed by atoms with Crippen LogP contribution in [-0.4, -0.2) is 25.8 Å². The quantitative estimate of drug-likeness (QED) is 0.725. The molecule has 0 aliphatic heterocycles. The zero-order chi connectivity index (χ0) is 15.1. The summed E-state index contributed by atoms with van der Waals surface area (Å²) in [6.45, 7) is 1.89. The van der Waals surface area contributed by atoms with Crippen molar-refractivity contribution in [2.24, 2.45) is 0 Å². The van der Waals surface area contributed by atoms with E-state index >= 15 is 0 Å². The Kier molecular flexibility index (Phi) is 3.01. The van der Waals surface area contributed by atoms with Gasteiger partial charge in [0, 0.05) is 16.7 Å². The van der Waals surface area contributed by atoms with Crippen LogP contribution in [0.3, 0.4) is 0 Å². The first kappa shape index (κ1) is 13.4. The minimum absolute atomic E-state index is 0.166. The number of benzene rings is 2. The lowest BCUT2D eigenvalue weighted by Gasteiger charge is -2.21. The van der Waals surface area contributed by atoms with Gasteiger partial charge in [-0.3, -0.25) is 9.59 Å². The Hall–Kier alpha value is -2.62. The molecule has 0 aromatic heterocycles. The van der Waals surface area contributed by atoms with Crippen molar-refractivity contribution in [3.63, 3.8) is 0 Å². The van der Waals surface area contributed by atoms with Gasteiger partial charge in [-0.25, -0.2) is 0 Å². The number of fused-ring (bicyclic) bond motifs is 2. The van der Waals surface area contributed by atoms with Crippen molar-refractivity contribution < 1.29 is 19.1 Å². The molecule has 1 aliphatic carbocycles. The molecule has 0 fully saturated rings. The minimum atomic E-state index is -0.209. The smallest absolute Gasteiger partial charge is 0.198 e. The maximum Gasteiger partial charge on any atom is 0.198 e. The van der Waals surface area contributed by atoms with Crippen LogP contribution in [0.25, 0.3) is 0 Å². The van der Waals surface area contributed by atoms with Crippen molar-refractivity contribution in [2.75, 3.05) is 14.2 Å². The second kappa shape index (κ2) is 4.74. The van der Waals surface area contributed by atoms with Crippen LogP contribution in [0.2, 0.25) is 0 Å². The summed E-state index contributed by atoms with van der Waals surface area (Å²) in [5, 5.41) is 0. The molecule has 0 N–H and O–H groups in total. The van der Waals surface area contributed by atoms with Crippen molar-refractivity contribution in [3.05, 3.63) is 58.1 Å². The fraction of sp³-hybridized carbons (Fsp3) is 0.176. The lowest BCUT2D eigenvalue weighted by molar-refractivity contribution is 0.0976. The third kappa shape index (κ3) is 1.83. The van der Waals surface area contributed by atoms with E-state index in [2.05, 4.69) is 0 Å². The van der Waals surface area contributed by atoms with E-state index < -0.39 is 0 Å². The highest BCUT2D eigenvalue weighted by Gasteiger charge is 2.33. The van der Waals surface area contributed by atoms with Crippen LogP contribution in [0.1, 0.15) is 37.4 Å². The van der Waals surface area contributed by atoms with Crippen LogP contribution >= 0.6 is 0 Å². The summed E-state index contributed by atoms with van der Waals surface area (Å²) in [5.74, 6) is 0.369. The van der Waals surface area contributed by atoms with Gasteiger partial charge in [0.25, 0.3) is 0 Å². The van der Waals surface area contributed by atoms with E-state index in [1.807, 2.05) is 13.0 Å². The summed E-state index contributed by atoms with van der Waals surface area (Å²) >= 11 is 0. The zero-order valence-electron chi connectivity index (χ0n) is 12.0. The summed E-state index contributed by atoms with van der Waals surface area (Å²) in [4.78, 5) is 25.3. The van der Waals surface area contributed by atoms with Crippen LogP contribution in [0, 0.1) is 6.92 Å². The summed E-state index contributed by atoms with van der Waals surface area (Å²) in [6, 6.07) is 8.51. The van der Waals surface area contributed by atoms with Crippen LogP contribution < -0.4 is 9.47 Å². The number of methoxy groups -OCH3 is 2. The van der Waals surface area contributed by atoms with E-state index in [4.69, 9.17) is 9.47 Å². The van der Waals surface area contributed by atoms with Gasteiger partial charge in [-0.1, -0.05) is 17.7 Å². The largest absolute Gasteiger partial charge is 0.493 e. The normalized spacial score (nSPS) is 12.7. The van der Waals surface area contributed by atoms with Gasteiger partial charge in [0.15, 0.2) is 23.1 Å². The monoisotopic (exact) mass is 282 g/mol. The maximum absolute atomic E-state index is 12.8. The minimum Gasteiger partial charge on any atom is -0.493 e. The molecule has 0 atom stereocenters. The van der Waals surface area contributed by atoms with Crippen molar-refractivity contribution in [3.8, 4) is 11.5 Å². The predicted octanol–water partition coefficient (Wildman–Crippen LogP) is 2.79. The topological polar surface area (TPSA) is 52.6 Å². The highest BCUT2D eigenvalue weighted by molar-refractivity contribution is 6.29. The molecular formula is C17H14O4. The Bertz CT molecular complexity index is 775. The molecule has 4 heteroatoms. The molecule has 0 heterocycles. The number of aryl methyl sites for hydroxylation is 1. The number of rotatable bonds is 2. The summed E-state index contributed by atoms with van der Waals surface area (Å²) in [5.41, 5.74) is 2.42. The molecule has 21 heavy (non-hydrogen) atoms. The van der Waals surface area contributed by atoms with Gasteiger partial charge in [0.05, 0.1) is 19.8 Å². The van der Waals surface area contributed by atoms with Crippen LogP contribution in [0.4, 0.5) is 0 Å². The number of hydrogen-bond acceptors (Lipinski definition) is 4. The molecule has 0 bridgehead atoms. The molecule has 0 saturated carbocycles. The van der Waals surface area contributed by atoms with Gasteiger partial charge in [-0.2, -0.15) is 0 Å². The van der Waals surface area contributed by atoms with E-state index in [-0.39, 0.29) is 17.1 Å². The molecule has 0 unspecified atom stereocenters. The van der Waals surface area contributed by atoms with Crippen molar-refractivity contribution in [1.82, 2.24) is 0 Å². The highest BCUT2D eigenvalue weighted by Crippen LogP contribution is 2.39. The van der Waals surface area contributed by atoms with E-state index in [9.17, 15) is 9.59 Å². The number of ether oxygens (including phenoxy) is 2. The van der Waals surface area contributed by atoms with Crippen LogP contribution in [0.5, 0.6) is 11.5 Å². The first-order chi connectivity index (χ1) is 10.1. The molecule has 0 saturated heterocycles. The van der Waals surface area contributed by atoms with Crippen molar-refractivity contribution in [2.45, 2.75) is 6.92 Å². The van der Waals surface area contributed by atoms with E-state index in [0.717, 1.165) is 5.56 Å². The predicted molar refractivity (Wildman–Crippen MR) is 77.6 cm³/mol. The first-order valence-corrected chi connectivity index (χ1v) is 6.53. The van der Waals surface area contributed by atoms with Gasteiger partial charge < -0.3 is 9.47 Å². The second-order valence-corrected chi connectivity index (χ2v) is 4.93. The van der Waals surface area contributed by atoms with E-state index in [1.165, 1.54) is 14.2 Å². The highest BCUT2D eigenvalue weighted by atomic mass is 16.5. The zero-order valence-corrected chi connectivity index (χ0v) is 12.0. The Balaban J connectivity index is 2.33. The SMILES string of the molecule is COc1ccc2c(c1OC)C(=O)c1cc(C)ccc1C2=O. The second-order valence-electron chi connectivity index (χ2n) is 4.93. The molecule has 3 rings (SSSR count). The van der Waals surface area contributed by atoms with E-state index in [0.29, 0.717) is 28.2 Å². The van der Waals surface area contributed by atoms with Crippen LogP contribution in [0.15, 0.2) is 30.3 Å². The Labute approximate surface area is 122 Å². The summed E-state index contributed by atoms with van der Waals surface area (Å²) in [7, 11) is 2.96. The molecule has 0 radical (unpaired) electrons. The van der Waals surface area contributed by atoms with Crippen molar-refractivity contribution in [1.29, 1.82) is 0 Å². The molecule has 1 aliphatic rings. The third-order valence-electron chi connectivity index (χ3n) is 3.68. The Morgan fingerprint density at radius 1 is 0.810 bits per heavy atom. The standard InChI is InChI=1S/C17H14O4/c1-9-4-5-10-12(8-9)16(19)14-11(15(10)18)6-7-13(20-2)17(14)21-3/h4-8H,1-3H3. The third-order valence-corrected chi connectivity index (χ3v) is 3.68. The number of ketones is 2. The molecule has 0 amide bonds. The molecule has 0 spiro atoms. The molecule has 4 nitrogen and oxygen atoms in total. The fourth-order valence-electron chi connectivity index (χ4n) is 2.67. The number of carbonyl (C=O) groups is 2. The van der Waals surface area contributed by atoms with Gasteiger partial charge in [-0.05, 0) is 25.1 Å². The lowest BCUT2D eigenvalue weighted by atomic mass is 9.83. The fourth-order valence-corrected chi connectivity index (χ4v) is 2.67. The average molecular weight is 282 g/mol. The number of hydrogen-bond donors (Lipinski definition) is 0. The Morgan fingerprint density at radius 3 is 2.19 bits per heavy atom. The summed E-state index contributed by atoms with van der Waals surface area (Å²) in [6.07, 6.45) is 0. The van der Waals surface area contributed by atoms with Crippen molar-refractivity contribution >= 4 is 11.6 Å². The van der Waals surface area contributed by atoms with Gasteiger partial charge in [-0.15, -0.1) is 0 Å². The summed E-state index contributed by atoms with van der Waals surface area (Å²) < 4.78 is 10.5. The lowest BCUT2D eigenvalue weighted by Crippen LogP contribution is -2.22. The molecule has 106 valence electrons. The maximum atomic E-state index is 12.8. The van der Waals surface area contributed by atoms with E-state index in [1.54, 1.807) is 24.3 Å². The molecular weight excluding hydrogens is 268 g/mol.